The Hall–Kier alpha value is -2.47. The Morgan fingerprint density at radius 2 is 1.90 bits per heavy atom. The van der Waals surface area contributed by atoms with Crippen LogP contribution in [0.3, 0.4) is 0 Å². The molecule has 160 valence electrons. The zero-order valence-corrected chi connectivity index (χ0v) is 17.8. The van der Waals surface area contributed by atoms with Gasteiger partial charge in [0.2, 0.25) is 10.0 Å². The number of sulfonamides is 1. The number of hydrogen-bond acceptors (Lipinski definition) is 5. The number of aromatic nitrogens is 1. The highest BCUT2D eigenvalue weighted by Crippen LogP contribution is 2.34. The molecule has 30 heavy (non-hydrogen) atoms. The molecule has 7 nitrogen and oxygen atoms in total. The van der Waals surface area contributed by atoms with Gasteiger partial charge in [-0.05, 0) is 43.2 Å². The molecule has 1 atom stereocenters. The molecule has 1 fully saturated rings. The van der Waals surface area contributed by atoms with Gasteiger partial charge in [0.15, 0.2) is 0 Å². The van der Waals surface area contributed by atoms with Crippen LogP contribution in [0.15, 0.2) is 53.5 Å². The third-order valence-electron chi connectivity index (χ3n) is 5.52. The van der Waals surface area contributed by atoms with Crippen LogP contribution >= 0.6 is 0 Å². The molecule has 1 aliphatic carbocycles. The number of benzene rings is 1. The smallest absolute Gasteiger partial charge is 0.252 e. The molecule has 0 spiro atoms. The number of hydrogen-bond donors (Lipinski definition) is 1. The maximum Gasteiger partial charge on any atom is 0.252 e. The molecule has 0 amide bonds. The van der Waals surface area contributed by atoms with Crippen molar-refractivity contribution in [2.45, 2.75) is 43.7 Å². The summed E-state index contributed by atoms with van der Waals surface area (Å²) in [7, 11) is -3.41. The van der Waals surface area contributed by atoms with Gasteiger partial charge in [0.05, 0.1) is 36.6 Å². The van der Waals surface area contributed by atoms with E-state index >= 15 is 0 Å². The summed E-state index contributed by atoms with van der Waals surface area (Å²) < 4.78 is 33.1. The van der Waals surface area contributed by atoms with Crippen LogP contribution < -0.4 is 10.3 Å². The first-order valence-electron chi connectivity index (χ1n) is 10.1. The molecule has 1 aromatic carbocycles. The fourth-order valence-electron chi connectivity index (χ4n) is 3.88. The predicted octanol–water partition coefficient (Wildman–Crippen LogP) is 2.55. The Balaban J connectivity index is 1.63. The van der Waals surface area contributed by atoms with E-state index in [0.717, 1.165) is 31.9 Å². The van der Waals surface area contributed by atoms with E-state index in [1.165, 1.54) is 22.4 Å². The van der Waals surface area contributed by atoms with E-state index in [4.69, 9.17) is 10.00 Å². The summed E-state index contributed by atoms with van der Waals surface area (Å²) in [4.78, 5) is 12.4. The summed E-state index contributed by atoms with van der Waals surface area (Å²) in [6.45, 7) is 0.263. The van der Waals surface area contributed by atoms with Crippen molar-refractivity contribution in [2.75, 3.05) is 19.4 Å². The maximum atomic E-state index is 12.4. The summed E-state index contributed by atoms with van der Waals surface area (Å²) in [5.41, 5.74) is 1.27. The van der Waals surface area contributed by atoms with Crippen LogP contribution in [0.5, 0.6) is 0 Å². The second kappa shape index (κ2) is 10.0. The van der Waals surface area contributed by atoms with Crippen molar-refractivity contribution >= 4 is 10.0 Å². The normalized spacial score (nSPS) is 20.4. The summed E-state index contributed by atoms with van der Waals surface area (Å²) in [6, 6.07) is 14.7. The van der Waals surface area contributed by atoms with E-state index < -0.39 is 16.1 Å². The second-order valence-electron chi connectivity index (χ2n) is 7.76. The Morgan fingerprint density at radius 3 is 2.50 bits per heavy atom. The maximum absolute atomic E-state index is 12.4. The lowest BCUT2D eigenvalue weighted by atomic mass is 9.83. The summed E-state index contributed by atoms with van der Waals surface area (Å²) in [5, 5.41) is 8.96. The van der Waals surface area contributed by atoms with Gasteiger partial charge < -0.3 is 9.30 Å². The molecule has 0 bridgehead atoms. The van der Waals surface area contributed by atoms with Gasteiger partial charge in [0.25, 0.3) is 5.56 Å². The van der Waals surface area contributed by atoms with Gasteiger partial charge in [-0.25, -0.2) is 13.1 Å². The van der Waals surface area contributed by atoms with E-state index in [-0.39, 0.29) is 30.4 Å². The van der Waals surface area contributed by atoms with Crippen LogP contribution in [0.4, 0.5) is 0 Å². The molecule has 1 N–H and O–H groups in total. The van der Waals surface area contributed by atoms with Crippen molar-refractivity contribution in [3.8, 4) is 6.07 Å². The van der Waals surface area contributed by atoms with Crippen molar-refractivity contribution < 1.29 is 13.2 Å². The van der Waals surface area contributed by atoms with E-state index in [1.54, 1.807) is 6.07 Å². The van der Waals surface area contributed by atoms with E-state index in [2.05, 4.69) is 29.0 Å². The molecule has 2 aromatic rings. The predicted molar refractivity (Wildman–Crippen MR) is 115 cm³/mol. The lowest BCUT2D eigenvalue weighted by molar-refractivity contribution is 0.00736. The second-order valence-corrected chi connectivity index (χ2v) is 9.60. The van der Waals surface area contributed by atoms with Crippen LogP contribution in [-0.4, -0.2) is 38.5 Å². The van der Waals surface area contributed by atoms with Gasteiger partial charge in [-0.3, -0.25) is 4.79 Å². The summed E-state index contributed by atoms with van der Waals surface area (Å²) in [6.07, 6.45) is 6.61. The molecule has 1 saturated carbocycles. The third kappa shape index (κ3) is 6.26. The Bertz CT molecular complexity index is 1040. The van der Waals surface area contributed by atoms with Crippen molar-refractivity contribution in [2.24, 2.45) is 0 Å². The number of ether oxygens (including phenoxy) is 1. The highest BCUT2D eigenvalue weighted by molar-refractivity contribution is 7.88. The van der Waals surface area contributed by atoms with Crippen molar-refractivity contribution in [1.29, 1.82) is 5.26 Å². The first-order chi connectivity index (χ1) is 14.4. The molecular formula is C22H27N3O4S. The molecule has 3 rings (SSSR count). The molecule has 1 heterocycles. The molecule has 0 radical (unpaired) electrons. The van der Waals surface area contributed by atoms with Crippen molar-refractivity contribution in [1.82, 2.24) is 9.29 Å². The molecule has 8 heteroatoms. The molecular weight excluding hydrogens is 402 g/mol. The topological polar surface area (TPSA) is 101 Å². The van der Waals surface area contributed by atoms with Gasteiger partial charge in [-0.15, -0.1) is 0 Å². The quantitative estimate of drug-likeness (QED) is 0.695. The molecule has 0 saturated heterocycles. The minimum Gasteiger partial charge on any atom is -0.376 e. The Morgan fingerprint density at radius 1 is 1.20 bits per heavy atom. The fraction of sp³-hybridized carbons (Fsp3) is 0.455. The van der Waals surface area contributed by atoms with E-state index in [0.29, 0.717) is 5.92 Å². The number of nitrogens with zero attached hydrogens (tertiary/aromatic N) is 2. The van der Waals surface area contributed by atoms with E-state index in [9.17, 15) is 13.2 Å². The highest BCUT2D eigenvalue weighted by atomic mass is 32.2. The monoisotopic (exact) mass is 429 g/mol. The molecule has 0 aliphatic heterocycles. The van der Waals surface area contributed by atoms with Crippen LogP contribution in [0.2, 0.25) is 0 Å². The number of rotatable bonds is 8. The van der Waals surface area contributed by atoms with E-state index in [1.807, 2.05) is 12.1 Å². The summed E-state index contributed by atoms with van der Waals surface area (Å²) in [5.74, 6) is 0.537. The first-order valence-corrected chi connectivity index (χ1v) is 12.0. The third-order valence-corrected chi connectivity index (χ3v) is 6.21. The van der Waals surface area contributed by atoms with Crippen molar-refractivity contribution in [3.63, 3.8) is 0 Å². The average molecular weight is 430 g/mol. The SMILES string of the molecule is CS(=O)(=O)NCC(CO[C@H]1CC[C@@H](c2ccccc2)CC1)n1ccc(C#N)cc1=O. The lowest BCUT2D eigenvalue weighted by Crippen LogP contribution is -2.37. The van der Waals surface area contributed by atoms with Gasteiger partial charge in [0.1, 0.15) is 0 Å². The number of nitriles is 1. The van der Waals surface area contributed by atoms with Crippen LogP contribution in [-0.2, 0) is 14.8 Å². The zero-order valence-electron chi connectivity index (χ0n) is 17.0. The first kappa shape index (κ1) is 22.2. The van der Waals surface area contributed by atoms with Gasteiger partial charge in [-0.1, -0.05) is 30.3 Å². The molecule has 1 aliphatic rings. The summed E-state index contributed by atoms with van der Waals surface area (Å²) >= 11 is 0. The number of pyridine rings is 1. The van der Waals surface area contributed by atoms with Gasteiger partial charge >= 0.3 is 0 Å². The van der Waals surface area contributed by atoms with Gasteiger partial charge in [0, 0.05) is 18.8 Å². The van der Waals surface area contributed by atoms with Gasteiger partial charge in [-0.2, -0.15) is 5.26 Å². The average Bonchev–Trinajstić information content (AvgIpc) is 2.74. The largest absolute Gasteiger partial charge is 0.376 e. The van der Waals surface area contributed by atoms with Crippen LogP contribution in [0.1, 0.15) is 48.8 Å². The lowest BCUT2D eigenvalue weighted by Gasteiger charge is -2.30. The zero-order chi connectivity index (χ0) is 21.6. The van der Waals surface area contributed by atoms with Crippen molar-refractivity contribution in [3.05, 3.63) is 70.1 Å². The minimum absolute atomic E-state index is 0.0456. The Labute approximate surface area is 177 Å². The fourth-order valence-corrected chi connectivity index (χ4v) is 4.38. The molecule has 1 aromatic heterocycles. The standard InChI is InChI=1S/C22H27N3O4S/c1-30(27,28)24-15-20(25-12-11-17(14-23)13-22(25)26)16-29-21-9-7-19(8-10-21)18-5-3-2-4-6-18/h2-6,11-13,19-21,24H,7-10,15-16H2,1H3/t19-,20?,21+. The van der Waals surface area contributed by atoms with Crippen LogP contribution in [0, 0.1) is 11.3 Å². The van der Waals surface area contributed by atoms with Crippen LogP contribution in [0.25, 0.3) is 0 Å². The molecule has 1 unspecified atom stereocenters. The Kier molecular flexibility index (Phi) is 7.43. The minimum atomic E-state index is -3.41. The number of nitrogens with one attached hydrogen (secondary N) is 1. The highest BCUT2D eigenvalue weighted by Gasteiger charge is 2.24.